The van der Waals surface area contributed by atoms with Gasteiger partial charge in [0, 0.05) is 7.05 Å². The quantitative estimate of drug-likeness (QED) is 0.596. The minimum atomic E-state index is -0.140. The van der Waals surface area contributed by atoms with Crippen LogP contribution in [0.1, 0.15) is 24.7 Å². The summed E-state index contributed by atoms with van der Waals surface area (Å²) < 4.78 is 1.56. The monoisotopic (exact) mass is 168 g/mol. The zero-order valence-corrected chi connectivity index (χ0v) is 7.00. The SMILES string of the molecule is Cn1c(C2CCCN2)n[nH]c1=O. The van der Waals surface area contributed by atoms with Crippen molar-refractivity contribution in [2.24, 2.45) is 7.05 Å². The molecule has 1 aliphatic heterocycles. The van der Waals surface area contributed by atoms with Gasteiger partial charge < -0.3 is 5.32 Å². The van der Waals surface area contributed by atoms with Gasteiger partial charge in [-0.05, 0) is 19.4 Å². The number of nitrogens with zero attached hydrogens (tertiary/aromatic N) is 2. The molecule has 0 bridgehead atoms. The lowest BCUT2D eigenvalue weighted by atomic mass is 10.2. The molecule has 2 heterocycles. The van der Waals surface area contributed by atoms with E-state index in [0.717, 1.165) is 25.2 Å². The van der Waals surface area contributed by atoms with Crippen molar-refractivity contribution >= 4 is 0 Å². The van der Waals surface area contributed by atoms with Crippen LogP contribution < -0.4 is 11.0 Å². The summed E-state index contributed by atoms with van der Waals surface area (Å²) in [5.74, 6) is 0.817. The average Bonchev–Trinajstić information content (AvgIpc) is 2.64. The van der Waals surface area contributed by atoms with E-state index in [1.807, 2.05) is 0 Å². The van der Waals surface area contributed by atoms with Crippen LogP contribution in [0.25, 0.3) is 0 Å². The van der Waals surface area contributed by atoms with Crippen molar-refractivity contribution < 1.29 is 0 Å². The fourth-order valence-electron chi connectivity index (χ4n) is 1.58. The van der Waals surface area contributed by atoms with Crippen molar-refractivity contribution in [2.75, 3.05) is 6.54 Å². The summed E-state index contributed by atoms with van der Waals surface area (Å²) in [5.41, 5.74) is -0.140. The summed E-state index contributed by atoms with van der Waals surface area (Å²) in [4.78, 5) is 11.0. The number of aromatic amines is 1. The van der Waals surface area contributed by atoms with Gasteiger partial charge in [0.2, 0.25) is 0 Å². The smallest absolute Gasteiger partial charge is 0.307 e. The molecule has 5 nitrogen and oxygen atoms in total. The van der Waals surface area contributed by atoms with Crippen LogP contribution in [0.2, 0.25) is 0 Å². The molecule has 1 aromatic heterocycles. The molecule has 5 heteroatoms. The predicted molar refractivity (Wildman–Crippen MR) is 43.8 cm³/mol. The van der Waals surface area contributed by atoms with E-state index >= 15 is 0 Å². The first-order chi connectivity index (χ1) is 5.79. The number of H-pyrrole nitrogens is 1. The molecule has 0 radical (unpaired) electrons. The first-order valence-corrected chi connectivity index (χ1v) is 4.13. The lowest BCUT2D eigenvalue weighted by molar-refractivity contribution is 0.575. The third kappa shape index (κ3) is 1.06. The van der Waals surface area contributed by atoms with E-state index in [-0.39, 0.29) is 11.7 Å². The fraction of sp³-hybridized carbons (Fsp3) is 0.714. The van der Waals surface area contributed by atoms with E-state index in [1.165, 1.54) is 0 Å². The van der Waals surface area contributed by atoms with Crippen LogP contribution in [0.15, 0.2) is 4.79 Å². The summed E-state index contributed by atoms with van der Waals surface area (Å²) in [6.07, 6.45) is 2.23. The maximum absolute atomic E-state index is 11.0. The van der Waals surface area contributed by atoms with Crippen molar-refractivity contribution in [3.8, 4) is 0 Å². The zero-order valence-electron chi connectivity index (χ0n) is 7.00. The van der Waals surface area contributed by atoms with Crippen LogP contribution in [0.5, 0.6) is 0 Å². The average molecular weight is 168 g/mol. The normalized spacial score (nSPS) is 23.2. The van der Waals surface area contributed by atoms with E-state index in [4.69, 9.17) is 0 Å². The third-order valence-electron chi connectivity index (χ3n) is 2.29. The first-order valence-electron chi connectivity index (χ1n) is 4.13. The van der Waals surface area contributed by atoms with Crippen LogP contribution >= 0.6 is 0 Å². The van der Waals surface area contributed by atoms with E-state index in [1.54, 1.807) is 11.6 Å². The third-order valence-corrected chi connectivity index (χ3v) is 2.29. The summed E-state index contributed by atoms with van der Waals surface area (Å²) in [5, 5.41) is 9.68. The van der Waals surface area contributed by atoms with E-state index in [2.05, 4.69) is 15.5 Å². The Labute approximate surface area is 69.8 Å². The molecule has 0 saturated carbocycles. The Hall–Kier alpha value is -1.10. The molecule has 66 valence electrons. The maximum Gasteiger partial charge on any atom is 0.343 e. The molecule has 1 unspecified atom stereocenters. The van der Waals surface area contributed by atoms with Gasteiger partial charge in [0.25, 0.3) is 0 Å². The molecule has 0 aromatic carbocycles. The van der Waals surface area contributed by atoms with Gasteiger partial charge in [-0.3, -0.25) is 4.57 Å². The molecule has 2 rings (SSSR count). The molecule has 2 N–H and O–H groups in total. The van der Waals surface area contributed by atoms with Gasteiger partial charge in [0.15, 0.2) is 0 Å². The molecule has 0 aliphatic carbocycles. The second-order valence-corrected chi connectivity index (χ2v) is 3.09. The number of aromatic nitrogens is 3. The minimum Gasteiger partial charge on any atom is -0.307 e. The van der Waals surface area contributed by atoms with Crippen molar-refractivity contribution in [3.63, 3.8) is 0 Å². The number of hydrogen-bond donors (Lipinski definition) is 2. The predicted octanol–water partition coefficient (Wildman–Crippen LogP) is -0.467. The Bertz CT molecular complexity index is 320. The molecule has 1 saturated heterocycles. The van der Waals surface area contributed by atoms with Crippen LogP contribution in [-0.4, -0.2) is 21.3 Å². The molecule has 1 fully saturated rings. The van der Waals surface area contributed by atoms with E-state index < -0.39 is 0 Å². The zero-order chi connectivity index (χ0) is 8.55. The molecule has 12 heavy (non-hydrogen) atoms. The van der Waals surface area contributed by atoms with E-state index in [0.29, 0.717) is 0 Å². The van der Waals surface area contributed by atoms with Gasteiger partial charge in [0.1, 0.15) is 5.82 Å². The molecule has 0 amide bonds. The molecule has 1 atom stereocenters. The maximum atomic E-state index is 11.0. The van der Waals surface area contributed by atoms with Crippen molar-refractivity contribution in [1.82, 2.24) is 20.1 Å². The minimum absolute atomic E-state index is 0.140. The highest BCUT2D eigenvalue weighted by Crippen LogP contribution is 2.18. The largest absolute Gasteiger partial charge is 0.343 e. The van der Waals surface area contributed by atoms with Gasteiger partial charge in [-0.25, -0.2) is 9.89 Å². The van der Waals surface area contributed by atoms with Crippen molar-refractivity contribution in [3.05, 3.63) is 16.3 Å². The lowest BCUT2D eigenvalue weighted by Crippen LogP contribution is -2.21. The highest BCUT2D eigenvalue weighted by Gasteiger charge is 2.20. The van der Waals surface area contributed by atoms with Crippen LogP contribution in [0.4, 0.5) is 0 Å². The highest BCUT2D eigenvalue weighted by molar-refractivity contribution is 4.96. The first kappa shape index (κ1) is 7.54. The second-order valence-electron chi connectivity index (χ2n) is 3.09. The van der Waals surface area contributed by atoms with Gasteiger partial charge >= 0.3 is 5.69 Å². The summed E-state index contributed by atoms with van der Waals surface area (Å²) >= 11 is 0. The Morgan fingerprint density at radius 3 is 3.00 bits per heavy atom. The Kier molecular flexibility index (Phi) is 1.73. The number of nitrogens with one attached hydrogen (secondary N) is 2. The Morgan fingerprint density at radius 1 is 1.67 bits per heavy atom. The van der Waals surface area contributed by atoms with Gasteiger partial charge in [-0.15, -0.1) is 0 Å². The molecular weight excluding hydrogens is 156 g/mol. The molecular formula is C7H12N4O. The highest BCUT2D eigenvalue weighted by atomic mass is 16.1. The second kappa shape index (κ2) is 2.75. The van der Waals surface area contributed by atoms with Gasteiger partial charge in [-0.1, -0.05) is 0 Å². The van der Waals surface area contributed by atoms with Crippen molar-refractivity contribution in [1.29, 1.82) is 0 Å². The van der Waals surface area contributed by atoms with E-state index in [9.17, 15) is 4.79 Å². The molecule has 1 aromatic rings. The van der Waals surface area contributed by atoms with Gasteiger partial charge in [-0.2, -0.15) is 5.10 Å². The summed E-state index contributed by atoms with van der Waals surface area (Å²) in [7, 11) is 1.74. The fourth-order valence-corrected chi connectivity index (χ4v) is 1.58. The molecule has 0 spiro atoms. The number of hydrogen-bond acceptors (Lipinski definition) is 3. The summed E-state index contributed by atoms with van der Waals surface area (Å²) in [6.45, 7) is 1.02. The Morgan fingerprint density at radius 2 is 2.50 bits per heavy atom. The van der Waals surface area contributed by atoms with Crippen molar-refractivity contribution in [2.45, 2.75) is 18.9 Å². The Balaban J connectivity index is 2.32. The lowest BCUT2D eigenvalue weighted by Gasteiger charge is -2.06. The standard InChI is InChI=1S/C7H12N4O/c1-11-6(9-10-7(11)12)5-3-2-4-8-5/h5,8H,2-4H2,1H3,(H,10,12). The van der Waals surface area contributed by atoms with Crippen LogP contribution in [0, 0.1) is 0 Å². The molecule has 1 aliphatic rings. The van der Waals surface area contributed by atoms with Gasteiger partial charge in [0.05, 0.1) is 6.04 Å². The topological polar surface area (TPSA) is 62.7 Å². The van der Waals surface area contributed by atoms with Crippen LogP contribution in [-0.2, 0) is 7.05 Å². The summed E-state index contributed by atoms with van der Waals surface area (Å²) in [6, 6.07) is 0.258. The number of rotatable bonds is 1. The van der Waals surface area contributed by atoms with Crippen LogP contribution in [0.3, 0.4) is 0 Å².